The maximum Gasteiger partial charge on any atom is 0.251 e. The highest BCUT2D eigenvalue weighted by Crippen LogP contribution is 2.08. The van der Waals surface area contributed by atoms with E-state index in [1.165, 1.54) is 12.1 Å². The average molecular weight is 243 g/mol. The molecule has 2 rings (SSSR count). The molecule has 0 spiro atoms. The van der Waals surface area contributed by atoms with E-state index >= 15 is 0 Å². The van der Waals surface area contributed by atoms with Crippen LogP contribution in [0, 0.1) is 12.7 Å². The van der Waals surface area contributed by atoms with Crippen LogP contribution in [0.15, 0.2) is 48.5 Å². The van der Waals surface area contributed by atoms with Gasteiger partial charge in [-0.1, -0.05) is 30.3 Å². The van der Waals surface area contributed by atoms with Gasteiger partial charge in [0.15, 0.2) is 0 Å². The molecule has 0 heterocycles. The predicted molar refractivity (Wildman–Crippen MR) is 68.7 cm³/mol. The maximum absolute atomic E-state index is 13.0. The van der Waals surface area contributed by atoms with Crippen molar-refractivity contribution in [1.82, 2.24) is 5.32 Å². The molecule has 0 aliphatic heterocycles. The smallest absolute Gasteiger partial charge is 0.251 e. The Hall–Kier alpha value is -2.16. The number of rotatable bonds is 3. The first-order chi connectivity index (χ1) is 8.66. The summed E-state index contributed by atoms with van der Waals surface area (Å²) in [6.45, 7) is 2.21. The zero-order valence-corrected chi connectivity index (χ0v) is 10.1. The number of hydrogen-bond donors (Lipinski definition) is 1. The number of benzene rings is 2. The number of nitrogens with one attached hydrogen (secondary N) is 1. The Balaban J connectivity index is 2.03. The third-order valence-electron chi connectivity index (χ3n) is 2.73. The van der Waals surface area contributed by atoms with Crippen molar-refractivity contribution in [1.29, 1.82) is 0 Å². The van der Waals surface area contributed by atoms with Crippen LogP contribution in [0.25, 0.3) is 0 Å². The van der Waals surface area contributed by atoms with Crippen LogP contribution in [0.5, 0.6) is 0 Å². The van der Waals surface area contributed by atoms with Crippen LogP contribution in [-0.2, 0) is 6.54 Å². The largest absolute Gasteiger partial charge is 0.348 e. The first-order valence-corrected chi connectivity index (χ1v) is 5.75. The number of aryl methyl sites for hydroxylation is 1. The molecule has 0 aliphatic carbocycles. The Bertz CT molecular complexity index is 566. The van der Waals surface area contributed by atoms with Crippen molar-refractivity contribution in [3.05, 3.63) is 71.0 Å². The highest BCUT2D eigenvalue weighted by atomic mass is 19.1. The van der Waals surface area contributed by atoms with E-state index in [9.17, 15) is 9.18 Å². The summed E-state index contributed by atoms with van der Waals surface area (Å²) in [7, 11) is 0. The molecule has 0 aliphatic rings. The monoisotopic (exact) mass is 243 g/mol. The quantitative estimate of drug-likeness (QED) is 0.882. The minimum absolute atomic E-state index is 0.141. The van der Waals surface area contributed by atoms with Crippen LogP contribution < -0.4 is 5.32 Å². The molecule has 0 bridgehead atoms. The Labute approximate surface area is 105 Å². The lowest BCUT2D eigenvalue weighted by molar-refractivity contribution is 0.0950. The molecule has 0 fully saturated rings. The van der Waals surface area contributed by atoms with Gasteiger partial charge in [-0.2, -0.15) is 0 Å². The van der Waals surface area contributed by atoms with Crippen LogP contribution >= 0.6 is 0 Å². The Morgan fingerprint density at radius 3 is 2.67 bits per heavy atom. The summed E-state index contributed by atoms with van der Waals surface area (Å²) in [5, 5.41) is 2.78. The molecule has 18 heavy (non-hydrogen) atoms. The Morgan fingerprint density at radius 1 is 1.17 bits per heavy atom. The number of halogens is 1. The van der Waals surface area contributed by atoms with Crippen LogP contribution in [0.2, 0.25) is 0 Å². The molecule has 1 amide bonds. The zero-order valence-electron chi connectivity index (χ0n) is 10.1. The third-order valence-corrected chi connectivity index (χ3v) is 2.73. The normalized spacial score (nSPS) is 10.1. The molecule has 2 aromatic carbocycles. The van der Waals surface area contributed by atoms with Gasteiger partial charge >= 0.3 is 0 Å². The SMILES string of the molecule is Cc1ccccc1C(=O)NCc1cccc(F)c1. The van der Waals surface area contributed by atoms with E-state index in [-0.39, 0.29) is 11.7 Å². The topological polar surface area (TPSA) is 29.1 Å². The van der Waals surface area contributed by atoms with Gasteiger partial charge in [-0.25, -0.2) is 4.39 Å². The molecule has 2 nitrogen and oxygen atoms in total. The molecule has 3 heteroatoms. The van der Waals surface area contributed by atoms with Gasteiger partial charge in [-0.05, 0) is 36.2 Å². The van der Waals surface area contributed by atoms with E-state index in [1.54, 1.807) is 18.2 Å². The molecule has 92 valence electrons. The lowest BCUT2D eigenvalue weighted by Crippen LogP contribution is -2.23. The van der Waals surface area contributed by atoms with Gasteiger partial charge in [0.1, 0.15) is 5.82 Å². The van der Waals surface area contributed by atoms with Crippen molar-refractivity contribution in [2.75, 3.05) is 0 Å². The van der Waals surface area contributed by atoms with Gasteiger partial charge < -0.3 is 5.32 Å². The number of carbonyl (C=O) groups is 1. The first kappa shape index (κ1) is 12.3. The van der Waals surface area contributed by atoms with Crippen molar-refractivity contribution < 1.29 is 9.18 Å². The van der Waals surface area contributed by atoms with Gasteiger partial charge in [0.25, 0.3) is 5.91 Å². The Kier molecular flexibility index (Phi) is 3.72. The van der Waals surface area contributed by atoms with E-state index in [1.807, 2.05) is 25.1 Å². The van der Waals surface area contributed by atoms with Gasteiger partial charge in [-0.3, -0.25) is 4.79 Å². The molecule has 0 saturated heterocycles. The zero-order chi connectivity index (χ0) is 13.0. The molecule has 2 aromatic rings. The fourth-order valence-corrected chi connectivity index (χ4v) is 1.75. The van der Waals surface area contributed by atoms with Gasteiger partial charge in [-0.15, -0.1) is 0 Å². The highest BCUT2D eigenvalue weighted by molar-refractivity contribution is 5.95. The molecular formula is C15H14FNO. The summed E-state index contributed by atoms with van der Waals surface area (Å²) in [5.41, 5.74) is 2.32. The molecule has 0 aromatic heterocycles. The van der Waals surface area contributed by atoms with Crippen molar-refractivity contribution in [2.45, 2.75) is 13.5 Å². The van der Waals surface area contributed by atoms with E-state index in [0.717, 1.165) is 11.1 Å². The van der Waals surface area contributed by atoms with E-state index < -0.39 is 0 Å². The lowest BCUT2D eigenvalue weighted by atomic mass is 10.1. The van der Waals surface area contributed by atoms with Gasteiger partial charge in [0.05, 0.1) is 0 Å². The fourth-order valence-electron chi connectivity index (χ4n) is 1.75. The molecule has 0 unspecified atom stereocenters. The molecule has 0 atom stereocenters. The second kappa shape index (κ2) is 5.45. The van der Waals surface area contributed by atoms with E-state index in [0.29, 0.717) is 12.1 Å². The summed E-state index contributed by atoms with van der Waals surface area (Å²) < 4.78 is 13.0. The third kappa shape index (κ3) is 2.94. The molecular weight excluding hydrogens is 229 g/mol. The van der Waals surface area contributed by atoms with Crippen molar-refractivity contribution >= 4 is 5.91 Å². The van der Waals surface area contributed by atoms with Gasteiger partial charge in [0, 0.05) is 12.1 Å². The minimum Gasteiger partial charge on any atom is -0.348 e. The average Bonchev–Trinajstić information content (AvgIpc) is 2.37. The minimum atomic E-state index is -0.294. The summed E-state index contributed by atoms with van der Waals surface area (Å²) in [5.74, 6) is -0.435. The summed E-state index contributed by atoms with van der Waals surface area (Å²) in [6.07, 6.45) is 0. The predicted octanol–water partition coefficient (Wildman–Crippen LogP) is 3.06. The first-order valence-electron chi connectivity index (χ1n) is 5.75. The van der Waals surface area contributed by atoms with E-state index in [4.69, 9.17) is 0 Å². The highest BCUT2D eigenvalue weighted by Gasteiger charge is 2.07. The molecule has 0 saturated carbocycles. The van der Waals surface area contributed by atoms with Crippen molar-refractivity contribution in [3.8, 4) is 0 Å². The number of amides is 1. The van der Waals surface area contributed by atoms with Gasteiger partial charge in [0.2, 0.25) is 0 Å². The number of carbonyl (C=O) groups excluding carboxylic acids is 1. The van der Waals surface area contributed by atoms with Crippen molar-refractivity contribution in [3.63, 3.8) is 0 Å². The second-order valence-electron chi connectivity index (χ2n) is 4.13. The fraction of sp³-hybridized carbons (Fsp3) is 0.133. The van der Waals surface area contributed by atoms with Crippen LogP contribution in [0.3, 0.4) is 0 Å². The summed E-state index contributed by atoms with van der Waals surface area (Å²) in [4.78, 5) is 11.9. The van der Waals surface area contributed by atoms with E-state index in [2.05, 4.69) is 5.32 Å². The van der Waals surface area contributed by atoms with Crippen LogP contribution in [0.1, 0.15) is 21.5 Å². The molecule has 0 radical (unpaired) electrons. The standard InChI is InChI=1S/C15H14FNO/c1-11-5-2-3-8-14(11)15(18)17-10-12-6-4-7-13(16)9-12/h2-9H,10H2,1H3,(H,17,18). The van der Waals surface area contributed by atoms with Crippen LogP contribution in [0.4, 0.5) is 4.39 Å². The Morgan fingerprint density at radius 2 is 1.94 bits per heavy atom. The number of hydrogen-bond acceptors (Lipinski definition) is 1. The second-order valence-corrected chi connectivity index (χ2v) is 4.13. The van der Waals surface area contributed by atoms with Crippen LogP contribution in [-0.4, -0.2) is 5.91 Å². The molecule has 1 N–H and O–H groups in total. The summed E-state index contributed by atoms with van der Waals surface area (Å²) in [6, 6.07) is 13.6. The lowest BCUT2D eigenvalue weighted by Gasteiger charge is -2.07. The maximum atomic E-state index is 13.0. The van der Waals surface area contributed by atoms with Crippen molar-refractivity contribution in [2.24, 2.45) is 0 Å². The summed E-state index contributed by atoms with van der Waals surface area (Å²) >= 11 is 0.